The number of nitrogens with zero attached hydrogens (tertiary/aromatic N) is 1. The van der Waals surface area contributed by atoms with Gasteiger partial charge in [0.25, 0.3) is 5.91 Å². The molecule has 154 valence electrons. The summed E-state index contributed by atoms with van der Waals surface area (Å²) >= 11 is 3.52. The van der Waals surface area contributed by atoms with Crippen LogP contribution in [0.3, 0.4) is 0 Å². The van der Waals surface area contributed by atoms with Crippen molar-refractivity contribution >= 4 is 44.8 Å². The molecule has 8 heteroatoms. The number of carbonyl (C=O) groups is 2. The maximum absolute atomic E-state index is 12.0. The topological polar surface area (TPSA) is 86.2 Å². The number of methoxy groups -OCH3 is 1. The van der Waals surface area contributed by atoms with Crippen molar-refractivity contribution in [3.8, 4) is 17.2 Å². The van der Waals surface area contributed by atoms with E-state index in [4.69, 9.17) is 14.2 Å². The number of rotatable bonds is 7. The zero-order valence-electron chi connectivity index (χ0n) is 16.3. The molecular formula is C22H19BrN2O5. The van der Waals surface area contributed by atoms with E-state index in [0.29, 0.717) is 22.8 Å². The Morgan fingerprint density at radius 3 is 2.60 bits per heavy atom. The van der Waals surface area contributed by atoms with Crippen LogP contribution in [0.2, 0.25) is 0 Å². The van der Waals surface area contributed by atoms with Gasteiger partial charge in [-0.25, -0.2) is 5.43 Å². The van der Waals surface area contributed by atoms with E-state index in [1.165, 1.54) is 20.2 Å². The Morgan fingerprint density at radius 2 is 1.83 bits per heavy atom. The molecule has 3 aromatic carbocycles. The summed E-state index contributed by atoms with van der Waals surface area (Å²) in [6, 6.07) is 16.5. The predicted octanol–water partition coefficient (Wildman–Crippen LogP) is 4.07. The van der Waals surface area contributed by atoms with Crippen molar-refractivity contribution < 1.29 is 23.8 Å². The van der Waals surface area contributed by atoms with Crippen molar-refractivity contribution in [1.29, 1.82) is 0 Å². The SMILES string of the molecule is COc1cc(/C=N\NC(=O)COc2ccc3ccccc3c2Br)ccc1OC(C)=O. The third kappa shape index (κ3) is 5.36. The minimum Gasteiger partial charge on any atom is -0.493 e. The average molecular weight is 471 g/mol. The fraction of sp³-hybridized carbons (Fsp3) is 0.136. The van der Waals surface area contributed by atoms with Crippen LogP contribution >= 0.6 is 15.9 Å². The number of nitrogens with one attached hydrogen (secondary N) is 1. The van der Waals surface area contributed by atoms with E-state index in [1.54, 1.807) is 24.3 Å². The molecule has 0 aromatic heterocycles. The summed E-state index contributed by atoms with van der Waals surface area (Å²) in [5, 5.41) is 5.98. The summed E-state index contributed by atoms with van der Waals surface area (Å²) in [7, 11) is 1.47. The molecular weight excluding hydrogens is 452 g/mol. The highest BCUT2D eigenvalue weighted by atomic mass is 79.9. The Hall–Kier alpha value is -3.39. The molecule has 0 aliphatic rings. The van der Waals surface area contributed by atoms with Crippen molar-refractivity contribution in [2.24, 2.45) is 5.10 Å². The maximum atomic E-state index is 12.0. The van der Waals surface area contributed by atoms with E-state index in [2.05, 4.69) is 26.5 Å². The van der Waals surface area contributed by atoms with Crippen molar-refractivity contribution in [2.75, 3.05) is 13.7 Å². The molecule has 0 atom stereocenters. The van der Waals surface area contributed by atoms with E-state index < -0.39 is 11.9 Å². The lowest BCUT2D eigenvalue weighted by Crippen LogP contribution is -2.24. The predicted molar refractivity (Wildman–Crippen MR) is 117 cm³/mol. The molecule has 3 rings (SSSR count). The second-order valence-corrected chi connectivity index (χ2v) is 6.98. The number of carbonyl (C=O) groups excluding carboxylic acids is 2. The molecule has 0 heterocycles. The summed E-state index contributed by atoms with van der Waals surface area (Å²) in [6.07, 6.45) is 1.45. The quantitative estimate of drug-likeness (QED) is 0.243. The average Bonchev–Trinajstić information content (AvgIpc) is 2.74. The number of esters is 1. The van der Waals surface area contributed by atoms with E-state index in [1.807, 2.05) is 30.3 Å². The number of halogens is 1. The highest BCUT2D eigenvalue weighted by Gasteiger charge is 2.09. The van der Waals surface area contributed by atoms with Gasteiger partial charge in [-0.3, -0.25) is 9.59 Å². The monoisotopic (exact) mass is 470 g/mol. The van der Waals surface area contributed by atoms with E-state index >= 15 is 0 Å². The lowest BCUT2D eigenvalue weighted by molar-refractivity contribution is -0.132. The van der Waals surface area contributed by atoms with Crippen molar-refractivity contribution in [1.82, 2.24) is 5.43 Å². The first-order valence-corrected chi connectivity index (χ1v) is 9.75. The number of ether oxygens (including phenoxy) is 3. The fourth-order valence-corrected chi connectivity index (χ4v) is 3.29. The molecule has 0 radical (unpaired) electrons. The van der Waals surface area contributed by atoms with Crippen molar-refractivity contribution in [3.63, 3.8) is 0 Å². The standard InChI is InChI=1S/C22H19BrN2O5/c1-14(26)30-18-9-7-15(11-20(18)28-2)12-24-25-21(27)13-29-19-10-8-16-5-3-4-6-17(16)22(19)23/h3-12H,13H2,1-2H3,(H,25,27)/b24-12-. The highest BCUT2D eigenvalue weighted by molar-refractivity contribution is 9.10. The zero-order valence-corrected chi connectivity index (χ0v) is 17.9. The summed E-state index contributed by atoms with van der Waals surface area (Å²) in [5.41, 5.74) is 3.06. The fourth-order valence-electron chi connectivity index (χ4n) is 2.68. The molecule has 0 fully saturated rings. The minimum atomic E-state index is -0.444. The van der Waals surface area contributed by atoms with Crippen LogP contribution < -0.4 is 19.6 Å². The van der Waals surface area contributed by atoms with Gasteiger partial charge in [0, 0.05) is 6.92 Å². The molecule has 0 spiro atoms. The van der Waals surface area contributed by atoms with Crippen LogP contribution in [0, 0.1) is 0 Å². The number of hydrazone groups is 1. The molecule has 0 saturated heterocycles. The van der Waals surface area contributed by atoms with Crippen molar-refractivity contribution in [2.45, 2.75) is 6.92 Å². The van der Waals surface area contributed by atoms with Crippen LogP contribution in [0.1, 0.15) is 12.5 Å². The number of fused-ring (bicyclic) bond motifs is 1. The second-order valence-electron chi connectivity index (χ2n) is 6.18. The normalized spacial score (nSPS) is 10.8. The number of hydrogen-bond acceptors (Lipinski definition) is 6. The van der Waals surface area contributed by atoms with Gasteiger partial charge in [-0.2, -0.15) is 5.10 Å². The Morgan fingerprint density at radius 1 is 1.07 bits per heavy atom. The summed E-state index contributed by atoms with van der Waals surface area (Å²) in [6.45, 7) is 1.12. The Bertz CT molecular complexity index is 1110. The molecule has 1 amide bonds. The number of hydrogen-bond donors (Lipinski definition) is 1. The van der Waals surface area contributed by atoms with Crippen LogP contribution in [0.4, 0.5) is 0 Å². The van der Waals surface area contributed by atoms with Gasteiger partial charge in [0.05, 0.1) is 17.8 Å². The molecule has 0 aliphatic heterocycles. The highest BCUT2D eigenvalue weighted by Crippen LogP contribution is 2.33. The molecule has 0 bridgehead atoms. The third-order valence-corrected chi connectivity index (χ3v) is 4.85. The lowest BCUT2D eigenvalue weighted by Gasteiger charge is -2.09. The Balaban J connectivity index is 1.57. The van der Waals surface area contributed by atoms with Gasteiger partial charge in [-0.05, 0) is 56.5 Å². The minimum absolute atomic E-state index is 0.191. The van der Waals surface area contributed by atoms with Crippen LogP contribution in [-0.2, 0) is 9.59 Å². The van der Waals surface area contributed by atoms with Gasteiger partial charge >= 0.3 is 5.97 Å². The first-order chi connectivity index (χ1) is 14.5. The van der Waals surface area contributed by atoms with Gasteiger partial charge in [0.2, 0.25) is 0 Å². The first-order valence-electron chi connectivity index (χ1n) is 8.96. The van der Waals surface area contributed by atoms with E-state index in [0.717, 1.165) is 15.2 Å². The molecule has 0 saturated carbocycles. The van der Waals surface area contributed by atoms with Crippen LogP contribution in [0.5, 0.6) is 17.2 Å². The van der Waals surface area contributed by atoms with Crippen LogP contribution in [-0.4, -0.2) is 31.8 Å². The van der Waals surface area contributed by atoms with Gasteiger partial charge in [0.15, 0.2) is 18.1 Å². The van der Waals surface area contributed by atoms with Crippen molar-refractivity contribution in [3.05, 3.63) is 64.6 Å². The summed E-state index contributed by atoms with van der Waals surface area (Å²) in [4.78, 5) is 23.1. The summed E-state index contributed by atoms with van der Waals surface area (Å²) < 4.78 is 16.6. The molecule has 7 nitrogen and oxygen atoms in total. The summed E-state index contributed by atoms with van der Waals surface area (Å²) in [5.74, 6) is 0.402. The Kier molecular flexibility index (Phi) is 7.03. The van der Waals surface area contributed by atoms with E-state index in [-0.39, 0.29) is 6.61 Å². The second kappa shape index (κ2) is 9.89. The van der Waals surface area contributed by atoms with Crippen LogP contribution in [0.25, 0.3) is 10.8 Å². The molecule has 30 heavy (non-hydrogen) atoms. The first kappa shape index (κ1) is 21.3. The van der Waals surface area contributed by atoms with Crippen LogP contribution in [0.15, 0.2) is 64.2 Å². The molecule has 3 aromatic rings. The number of benzene rings is 3. The zero-order chi connectivity index (χ0) is 21.5. The lowest BCUT2D eigenvalue weighted by atomic mass is 10.1. The maximum Gasteiger partial charge on any atom is 0.308 e. The largest absolute Gasteiger partial charge is 0.493 e. The van der Waals surface area contributed by atoms with E-state index in [9.17, 15) is 9.59 Å². The number of amides is 1. The Labute approximate surface area is 181 Å². The van der Waals surface area contributed by atoms with Gasteiger partial charge in [-0.15, -0.1) is 0 Å². The van der Waals surface area contributed by atoms with Gasteiger partial charge in [-0.1, -0.05) is 30.3 Å². The molecule has 1 N–H and O–H groups in total. The van der Waals surface area contributed by atoms with Gasteiger partial charge < -0.3 is 14.2 Å². The molecule has 0 unspecified atom stereocenters. The van der Waals surface area contributed by atoms with Gasteiger partial charge in [0.1, 0.15) is 5.75 Å². The smallest absolute Gasteiger partial charge is 0.308 e. The third-order valence-electron chi connectivity index (χ3n) is 4.03. The molecule has 0 aliphatic carbocycles.